The summed E-state index contributed by atoms with van der Waals surface area (Å²) in [7, 11) is 0. The summed E-state index contributed by atoms with van der Waals surface area (Å²) in [5.74, 6) is 1.00. The van der Waals surface area contributed by atoms with E-state index in [9.17, 15) is 14.9 Å². The van der Waals surface area contributed by atoms with E-state index in [-0.39, 0.29) is 11.9 Å². The molecule has 1 N–H and O–H groups in total. The van der Waals surface area contributed by atoms with Gasteiger partial charge in [-0.05, 0) is 85.5 Å². The van der Waals surface area contributed by atoms with Crippen molar-refractivity contribution < 1.29 is 14.3 Å². The van der Waals surface area contributed by atoms with Crippen LogP contribution in [0, 0.1) is 29.1 Å². The van der Waals surface area contributed by atoms with Crippen LogP contribution in [0.15, 0.2) is 69.0 Å². The molecule has 3 unspecified atom stereocenters. The number of hydrogen-bond acceptors (Lipinski definition) is 10. The number of ether oxygens (including phenoxy) is 1. The van der Waals surface area contributed by atoms with Gasteiger partial charge in [0.2, 0.25) is 5.91 Å². The Morgan fingerprint density at radius 3 is 1.93 bits per heavy atom. The Kier molecular flexibility index (Phi) is 20.3. The van der Waals surface area contributed by atoms with Crippen LogP contribution in [0.4, 0.5) is 32.8 Å². The highest BCUT2D eigenvalue weighted by Gasteiger charge is 2.20. The quantitative estimate of drug-likeness (QED) is 0.0677. The van der Waals surface area contributed by atoms with Gasteiger partial charge in [-0.3, -0.25) is 4.79 Å². The minimum atomic E-state index is -0.348. The highest BCUT2D eigenvalue weighted by molar-refractivity contribution is 7.19. The van der Waals surface area contributed by atoms with Gasteiger partial charge in [0.15, 0.2) is 5.00 Å². The Morgan fingerprint density at radius 1 is 0.782 bits per heavy atom. The Balaban J connectivity index is 1.81. The van der Waals surface area contributed by atoms with Crippen LogP contribution in [-0.4, -0.2) is 31.6 Å². The van der Waals surface area contributed by atoms with Crippen LogP contribution >= 0.6 is 11.3 Å². The van der Waals surface area contributed by atoms with Crippen LogP contribution in [-0.2, 0) is 9.53 Å². The number of nitriles is 1. The molecular formula is C44H63N7O3S. The molecule has 0 bridgehead atoms. The highest BCUT2D eigenvalue weighted by Crippen LogP contribution is 2.39. The molecule has 0 fully saturated rings. The second-order valence-electron chi connectivity index (χ2n) is 14.5. The Hall–Kier alpha value is -4.43. The van der Waals surface area contributed by atoms with Crippen molar-refractivity contribution in [3.8, 4) is 6.07 Å². The van der Waals surface area contributed by atoms with E-state index in [2.05, 4.69) is 84.4 Å². The second kappa shape index (κ2) is 24.9. The molecule has 3 atom stereocenters. The lowest BCUT2D eigenvalue weighted by Crippen LogP contribution is -2.34. The van der Waals surface area contributed by atoms with E-state index in [1.807, 2.05) is 12.1 Å². The van der Waals surface area contributed by atoms with Gasteiger partial charge in [-0.2, -0.15) is 5.26 Å². The van der Waals surface area contributed by atoms with Crippen molar-refractivity contribution in [2.75, 3.05) is 29.9 Å². The topological polar surface area (TPSA) is 132 Å². The van der Waals surface area contributed by atoms with Gasteiger partial charge in [0.1, 0.15) is 16.8 Å². The molecular weight excluding hydrogens is 707 g/mol. The lowest BCUT2D eigenvalue weighted by Gasteiger charge is -2.33. The molecule has 0 aliphatic heterocycles. The van der Waals surface area contributed by atoms with Crippen molar-refractivity contribution >= 4 is 56.0 Å². The Morgan fingerprint density at radius 2 is 1.38 bits per heavy atom. The van der Waals surface area contributed by atoms with Gasteiger partial charge >= 0.3 is 5.97 Å². The average molecular weight is 770 g/mol. The molecule has 55 heavy (non-hydrogen) atoms. The van der Waals surface area contributed by atoms with Crippen molar-refractivity contribution in [3.63, 3.8) is 0 Å². The van der Waals surface area contributed by atoms with Gasteiger partial charge in [-0.15, -0.1) is 20.5 Å². The fourth-order valence-corrected chi connectivity index (χ4v) is 7.21. The number of carbonyl (C=O) groups excluding carboxylic acids is 2. The molecule has 0 saturated carbocycles. The third-order valence-electron chi connectivity index (χ3n) is 10.1. The van der Waals surface area contributed by atoms with E-state index in [0.717, 1.165) is 57.3 Å². The maximum Gasteiger partial charge on any atom is 0.338 e. The zero-order chi connectivity index (χ0) is 40.0. The number of unbranched alkanes of at least 4 members (excludes halogenated alkanes) is 3. The predicted molar refractivity (Wildman–Crippen MR) is 227 cm³/mol. The van der Waals surface area contributed by atoms with Gasteiger partial charge in [0.05, 0.1) is 29.1 Å². The monoisotopic (exact) mass is 769 g/mol. The number of anilines is 2. The predicted octanol–water partition coefficient (Wildman–Crippen LogP) is 14.0. The third-order valence-corrected chi connectivity index (χ3v) is 11.0. The fraction of sp³-hybridized carbons (Fsp3) is 0.568. The Labute approximate surface area is 333 Å². The van der Waals surface area contributed by atoms with E-state index in [0.29, 0.717) is 62.6 Å². The maximum atomic E-state index is 12.6. The van der Waals surface area contributed by atoms with Crippen molar-refractivity contribution in [1.82, 2.24) is 0 Å². The van der Waals surface area contributed by atoms with Crippen LogP contribution in [0.3, 0.4) is 0 Å². The number of amides is 1. The number of esters is 1. The van der Waals surface area contributed by atoms with Crippen LogP contribution in [0.1, 0.15) is 141 Å². The molecule has 3 aromatic rings. The van der Waals surface area contributed by atoms with E-state index >= 15 is 0 Å². The number of hydrogen-bond donors (Lipinski definition) is 1. The van der Waals surface area contributed by atoms with E-state index in [4.69, 9.17) is 4.74 Å². The minimum Gasteiger partial charge on any atom is -0.462 e. The smallest absolute Gasteiger partial charge is 0.338 e. The van der Waals surface area contributed by atoms with E-state index in [1.54, 1.807) is 30.3 Å². The molecule has 298 valence electrons. The third kappa shape index (κ3) is 15.3. The zero-order valence-electron chi connectivity index (χ0n) is 34.3. The highest BCUT2D eigenvalue weighted by atomic mass is 32.1. The summed E-state index contributed by atoms with van der Waals surface area (Å²) in [6.07, 6.45) is 13.7. The van der Waals surface area contributed by atoms with Gasteiger partial charge < -0.3 is 15.0 Å². The van der Waals surface area contributed by atoms with Gasteiger partial charge in [0, 0.05) is 25.7 Å². The number of nitrogens with one attached hydrogen (secondary N) is 1. The molecule has 1 amide bonds. The average Bonchev–Trinajstić information content (AvgIpc) is 3.60. The molecule has 0 radical (unpaired) electrons. The lowest BCUT2D eigenvalue weighted by atomic mass is 9.95. The molecule has 2 aromatic carbocycles. The largest absolute Gasteiger partial charge is 0.462 e. The first-order valence-electron chi connectivity index (χ1n) is 20.5. The summed E-state index contributed by atoms with van der Waals surface area (Å²) in [6, 6.07) is 16.6. The number of carbonyl (C=O) groups is 2. The first kappa shape index (κ1) is 45.0. The Bertz CT molecular complexity index is 1690. The van der Waals surface area contributed by atoms with Crippen LogP contribution in [0.5, 0.6) is 0 Å². The van der Waals surface area contributed by atoms with E-state index in [1.165, 1.54) is 56.8 Å². The van der Waals surface area contributed by atoms with E-state index < -0.39 is 0 Å². The summed E-state index contributed by atoms with van der Waals surface area (Å²) in [4.78, 5) is 27.5. The SMILES string of the molecule is CCCCC(CC)COC(=O)c1ccc(N=Nc2cc(C#N)c(/N=N/c3ccc(N(CC(CC)CCCC)CC(CC)CCCC)cc3NC(C)=O)s2)cc1. The maximum absolute atomic E-state index is 12.6. The summed E-state index contributed by atoms with van der Waals surface area (Å²) in [6.45, 7) is 17.2. The van der Waals surface area contributed by atoms with Crippen LogP contribution in [0.2, 0.25) is 0 Å². The van der Waals surface area contributed by atoms with Crippen LogP contribution in [0.25, 0.3) is 0 Å². The van der Waals surface area contributed by atoms with Crippen LogP contribution < -0.4 is 10.2 Å². The lowest BCUT2D eigenvalue weighted by molar-refractivity contribution is -0.114. The number of nitrogens with zero attached hydrogens (tertiary/aromatic N) is 6. The number of azo groups is 2. The summed E-state index contributed by atoms with van der Waals surface area (Å²) >= 11 is 1.19. The molecule has 0 aliphatic rings. The van der Waals surface area contributed by atoms with Crippen molar-refractivity contribution in [1.29, 1.82) is 5.26 Å². The summed E-state index contributed by atoms with van der Waals surface area (Å²) < 4.78 is 5.57. The minimum absolute atomic E-state index is 0.196. The van der Waals surface area contributed by atoms with Crippen molar-refractivity contribution in [2.24, 2.45) is 38.2 Å². The molecule has 1 aromatic heterocycles. The van der Waals surface area contributed by atoms with Crippen molar-refractivity contribution in [2.45, 2.75) is 126 Å². The van der Waals surface area contributed by atoms with Gasteiger partial charge in [-0.1, -0.05) is 111 Å². The number of thiophene rings is 1. The number of rotatable bonds is 25. The molecule has 0 spiro atoms. The second-order valence-corrected chi connectivity index (χ2v) is 15.5. The molecule has 1 heterocycles. The molecule has 10 nitrogen and oxygen atoms in total. The number of benzene rings is 2. The first-order valence-corrected chi connectivity index (χ1v) is 21.3. The first-order chi connectivity index (χ1) is 26.7. The summed E-state index contributed by atoms with van der Waals surface area (Å²) in [5, 5.41) is 31.3. The zero-order valence-corrected chi connectivity index (χ0v) is 35.1. The molecule has 0 saturated heterocycles. The van der Waals surface area contributed by atoms with Gasteiger partial charge in [-0.25, -0.2) is 4.79 Å². The normalized spacial score (nSPS) is 13.1. The summed E-state index contributed by atoms with van der Waals surface area (Å²) in [5.41, 5.74) is 3.47. The van der Waals surface area contributed by atoms with Crippen molar-refractivity contribution in [3.05, 3.63) is 59.7 Å². The molecule has 0 aliphatic carbocycles. The molecule has 3 rings (SSSR count). The molecule has 11 heteroatoms. The fourth-order valence-electron chi connectivity index (χ4n) is 6.46. The van der Waals surface area contributed by atoms with Gasteiger partial charge in [0.25, 0.3) is 0 Å². The standard InChI is InChI=1S/C44H63N7O3S/c1-8-14-17-33(11-4)29-51(30-34(12-5)18-15-9-2)39-24-25-40(41(27-39)46-32(7)52)48-50-43-37(28-45)26-42(55-43)49-47-38-22-20-36(21-23-38)44(53)54-31-35(13-6)19-16-10-3/h20-27,33-35H,8-19,29-31H2,1-7H3,(H,46,52)/b49-47?,50-48+.